The maximum Gasteiger partial charge on any atom is 0.311 e. The Balaban J connectivity index is 2.14. The lowest BCUT2D eigenvalue weighted by Gasteiger charge is -2.12. The van der Waals surface area contributed by atoms with Gasteiger partial charge >= 0.3 is 5.97 Å². The Bertz CT molecular complexity index is 708. The maximum absolute atomic E-state index is 13.1. The van der Waals surface area contributed by atoms with Crippen LogP contribution in [-0.2, 0) is 9.53 Å². The molecule has 0 aromatic heterocycles. The zero-order valence-electron chi connectivity index (χ0n) is 12.4. The molecule has 0 amide bonds. The number of hydrogen-bond acceptors (Lipinski definition) is 4. The zero-order chi connectivity index (χ0) is 17.4. The molecule has 4 nitrogen and oxygen atoms in total. The van der Waals surface area contributed by atoms with Crippen LogP contribution in [0.3, 0.4) is 0 Å². The number of esters is 1. The highest BCUT2D eigenvalue weighted by atomic mass is 35.5. The molecule has 1 fully saturated rings. The molecule has 3 atom stereocenters. The van der Waals surface area contributed by atoms with Gasteiger partial charge in [0.05, 0.1) is 5.92 Å². The molecule has 23 heavy (non-hydrogen) atoms. The Hall–Kier alpha value is -1.77. The second-order valence-corrected chi connectivity index (χ2v) is 6.95. The highest BCUT2D eigenvalue weighted by molar-refractivity contribution is 6.55. The number of rotatable bonds is 4. The van der Waals surface area contributed by atoms with Crippen molar-refractivity contribution in [3.8, 4) is 11.8 Å². The summed E-state index contributed by atoms with van der Waals surface area (Å²) in [6, 6.07) is 5.16. The summed E-state index contributed by atoms with van der Waals surface area (Å²) in [6.07, 6.45) is 0.335. The third kappa shape index (κ3) is 3.60. The molecule has 0 spiro atoms. The highest BCUT2D eigenvalue weighted by Crippen LogP contribution is 2.60. The number of nitrogens with zero attached hydrogens (tertiary/aromatic N) is 1. The minimum absolute atomic E-state index is 0.0682. The topological polar surface area (TPSA) is 70.3 Å². The van der Waals surface area contributed by atoms with Crippen molar-refractivity contribution in [3.63, 3.8) is 0 Å². The number of hydrogen-bond donors (Lipinski definition) is 1. The third-order valence-electron chi connectivity index (χ3n) is 4.09. The van der Waals surface area contributed by atoms with Gasteiger partial charge in [-0.25, -0.2) is 4.39 Å². The number of ether oxygens (including phenoxy) is 1. The summed E-state index contributed by atoms with van der Waals surface area (Å²) in [7, 11) is 0. The fourth-order valence-corrected chi connectivity index (χ4v) is 2.90. The molecule has 0 radical (unpaired) electrons. The van der Waals surface area contributed by atoms with Gasteiger partial charge in [-0.05, 0) is 29.5 Å². The Morgan fingerprint density at radius 3 is 2.70 bits per heavy atom. The number of benzene rings is 1. The van der Waals surface area contributed by atoms with E-state index < -0.39 is 29.6 Å². The first kappa shape index (κ1) is 17.6. The standard InChI is InChI=1S/C16H14Cl2FNO3/c1-16(2)9(6-13(17)18)14(16)15(22)23-12(7-20)8-3-4-10(19)11(21)5-8/h3-6,9,12,14,21H,1-2H3. The first-order chi connectivity index (χ1) is 10.7. The number of aromatic hydroxyl groups is 1. The lowest BCUT2D eigenvalue weighted by molar-refractivity contribution is -0.149. The van der Waals surface area contributed by atoms with Gasteiger partial charge in [-0.2, -0.15) is 5.26 Å². The highest BCUT2D eigenvalue weighted by Gasteiger charge is 2.62. The quantitative estimate of drug-likeness (QED) is 0.818. The van der Waals surface area contributed by atoms with Crippen molar-refractivity contribution in [3.05, 3.63) is 40.1 Å². The summed E-state index contributed by atoms with van der Waals surface area (Å²) in [5.74, 6) is -2.65. The van der Waals surface area contributed by atoms with Crippen molar-refractivity contribution < 1.29 is 19.0 Å². The number of halogens is 3. The second-order valence-electron chi connectivity index (χ2n) is 5.94. The van der Waals surface area contributed by atoms with Crippen molar-refractivity contribution in [2.45, 2.75) is 20.0 Å². The van der Waals surface area contributed by atoms with Gasteiger partial charge in [-0.15, -0.1) is 0 Å². The summed E-state index contributed by atoms with van der Waals surface area (Å²) in [5, 5.41) is 18.5. The van der Waals surface area contributed by atoms with Crippen molar-refractivity contribution in [1.82, 2.24) is 0 Å². The molecule has 1 N–H and O–H groups in total. The molecule has 0 saturated heterocycles. The van der Waals surface area contributed by atoms with Crippen LogP contribution in [-0.4, -0.2) is 11.1 Å². The normalized spacial score (nSPS) is 22.6. The van der Waals surface area contributed by atoms with E-state index in [9.17, 15) is 19.6 Å². The van der Waals surface area contributed by atoms with Crippen LogP contribution in [0, 0.1) is 34.4 Å². The van der Waals surface area contributed by atoms with E-state index in [0.29, 0.717) is 0 Å². The van der Waals surface area contributed by atoms with E-state index in [1.165, 1.54) is 6.07 Å². The smallest absolute Gasteiger partial charge is 0.311 e. The van der Waals surface area contributed by atoms with Crippen LogP contribution < -0.4 is 0 Å². The number of allylic oxidation sites excluding steroid dienone is 1. The SMILES string of the molecule is CC1(C)C(C=C(Cl)Cl)C1C(=O)OC(C#N)c1ccc(F)c(O)c1. The van der Waals surface area contributed by atoms with Gasteiger partial charge in [0.1, 0.15) is 10.6 Å². The molecule has 0 heterocycles. The lowest BCUT2D eigenvalue weighted by atomic mass is 10.1. The molecule has 7 heteroatoms. The summed E-state index contributed by atoms with van der Waals surface area (Å²) < 4.78 is 18.3. The van der Waals surface area contributed by atoms with Crippen LogP contribution in [0.5, 0.6) is 5.75 Å². The van der Waals surface area contributed by atoms with Crippen LogP contribution in [0.25, 0.3) is 0 Å². The van der Waals surface area contributed by atoms with Crippen LogP contribution in [0.15, 0.2) is 28.8 Å². The summed E-state index contributed by atoms with van der Waals surface area (Å²) in [4.78, 5) is 12.3. The van der Waals surface area contributed by atoms with E-state index in [2.05, 4.69) is 0 Å². The molecule has 1 aromatic rings. The number of carbonyl (C=O) groups excluding carboxylic acids is 1. The largest absolute Gasteiger partial charge is 0.505 e. The van der Waals surface area contributed by atoms with Crippen LogP contribution >= 0.6 is 23.2 Å². The molecule has 1 aromatic carbocycles. The van der Waals surface area contributed by atoms with Gasteiger partial charge in [0, 0.05) is 5.56 Å². The van der Waals surface area contributed by atoms with E-state index in [-0.39, 0.29) is 21.4 Å². The minimum Gasteiger partial charge on any atom is -0.505 e. The Labute approximate surface area is 143 Å². The summed E-state index contributed by atoms with van der Waals surface area (Å²) >= 11 is 11.3. The van der Waals surface area contributed by atoms with E-state index in [4.69, 9.17) is 27.9 Å². The molecule has 122 valence electrons. The molecule has 1 aliphatic carbocycles. The van der Waals surface area contributed by atoms with Crippen molar-refractivity contribution in [2.75, 3.05) is 0 Å². The molecule has 0 aliphatic heterocycles. The number of phenols is 1. The maximum atomic E-state index is 13.1. The van der Waals surface area contributed by atoms with E-state index in [0.717, 1.165) is 12.1 Å². The predicted molar refractivity (Wildman–Crippen MR) is 83.1 cm³/mol. The van der Waals surface area contributed by atoms with Gasteiger partial charge in [0.2, 0.25) is 6.10 Å². The summed E-state index contributed by atoms with van der Waals surface area (Å²) in [5.41, 5.74) is -0.183. The molecule has 0 bridgehead atoms. The fourth-order valence-electron chi connectivity index (χ4n) is 2.63. The van der Waals surface area contributed by atoms with Crippen molar-refractivity contribution >= 4 is 29.2 Å². The second kappa shape index (κ2) is 6.38. The van der Waals surface area contributed by atoms with E-state index >= 15 is 0 Å². The first-order valence-corrected chi connectivity index (χ1v) is 7.55. The molecule has 3 unspecified atom stereocenters. The Morgan fingerprint density at radius 2 is 2.17 bits per heavy atom. The first-order valence-electron chi connectivity index (χ1n) is 6.79. The Kier molecular flexibility index (Phi) is 4.88. The zero-order valence-corrected chi connectivity index (χ0v) is 13.9. The molecule has 2 rings (SSSR count). The van der Waals surface area contributed by atoms with Gasteiger partial charge in [-0.3, -0.25) is 4.79 Å². The average Bonchev–Trinajstić information content (AvgIpc) is 2.99. The van der Waals surface area contributed by atoms with Crippen molar-refractivity contribution in [1.29, 1.82) is 5.26 Å². The van der Waals surface area contributed by atoms with Gasteiger partial charge in [0.15, 0.2) is 11.6 Å². The van der Waals surface area contributed by atoms with Crippen LogP contribution in [0.1, 0.15) is 25.5 Å². The monoisotopic (exact) mass is 357 g/mol. The average molecular weight is 358 g/mol. The molecular weight excluding hydrogens is 344 g/mol. The summed E-state index contributed by atoms with van der Waals surface area (Å²) in [6.45, 7) is 3.73. The van der Waals surface area contributed by atoms with Crippen molar-refractivity contribution in [2.24, 2.45) is 17.3 Å². The van der Waals surface area contributed by atoms with Gasteiger partial charge in [-0.1, -0.05) is 43.1 Å². The number of carbonyl (C=O) groups is 1. The number of phenolic OH excluding ortho intramolecular Hbond substituents is 1. The van der Waals surface area contributed by atoms with Gasteiger partial charge in [0.25, 0.3) is 0 Å². The molecular formula is C16H14Cl2FNO3. The van der Waals surface area contributed by atoms with E-state index in [1.807, 2.05) is 19.9 Å². The predicted octanol–water partition coefficient (Wildman–Crippen LogP) is 4.23. The third-order valence-corrected chi connectivity index (χ3v) is 4.35. The van der Waals surface area contributed by atoms with Gasteiger partial charge < -0.3 is 9.84 Å². The minimum atomic E-state index is -1.23. The Morgan fingerprint density at radius 1 is 1.52 bits per heavy atom. The fraction of sp³-hybridized carbons (Fsp3) is 0.375. The molecule has 1 saturated carbocycles. The van der Waals surface area contributed by atoms with Crippen LogP contribution in [0.4, 0.5) is 4.39 Å². The number of nitriles is 1. The molecule has 1 aliphatic rings. The van der Waals surface area contributed by atoms with E-state index in [1.54, 1.807) is 6.08 Å². The lowest BCUT2D eigenvalue weighted by Crippen LogP contribution is -2.14. The van der Waals surface area contributed by atoms with Crippen LogP contribution in [0.2, 0.25) is 0 Å².